The highest BCUT2D eigenvalue weighted by molar-refractivity contribution is 5.79. The van der Waals surface area contributed by atoms with Gasteiger partial charge in [-0.2, -0.15) is 0 Å². The molecule has 24 heteroatoms. The Balaban J connectivity index is 0.950. The molecule has 2 bridgehead atoms. The second kappa shape index (κ2) is 20.6. The fourth-order valence-electron chi connectivity index (χ4n) is 16.9. The molecule has 30 atom stereocenters. The van der Waals surface area contributed by atoms with E-state index < -0.39 is 165 Å². The molecule has 5 aliphatic heterocycles. The molecule has 10 rings (SSSR count). The van der Waals surface area contributed by atoms with Gasteiger partial charge >= 0.3 is 17.9 Å². The fraction of sp³-hybridized carbons (Fsp3) is 0.907. The highest BCUT2D eigenvalue weighted by Gasteiger charge is 2.72. The summed E-state index contributed by atoms with van der Waals surface area (Å²) in [6, 6.07) is 0. The first kappa shape index (κ1) is 58.6. The lowest BCUT2D eigenvalue weighted by Gasteiger charge is -2.71. The van der Waals surface area contributed by atoms with Gasteiger partial charge in [-0.3, -0.25) is 4.79 Å². The topological polar surface area (TPSA) is 377 Å². The fourth-order valence-corrected chi connectivity index (χ4v) is 16.9. The van der Waals surface area contributed by atoms with E-state index in [9.17, 15) is 75.7 Å². The second-order valence-corrected chi connectivity index (χ2v) is 26.1. The van der Waals surface area contributed by atoms with Crippen molar-refractivity contribution in [3.63, 3.8) is 0 Å². The van der Waals surface area contributed by atoms with Crippen LogP contribution in [-0.4, -0.2) is 228 Å². The third kappa shape index (κ3) is 8.95. The average molecular weight is 1120 g/mol. The van der Waals surface area contributed by atoms with E-state index in [0.29, 0.717) is 19.3 Å². The number of aliphatic carboxylic acids is 2. The minimum atomic E-state index is -2.23. The van der Waals surface area contributed by atoms with Gasteiger partial charge in [-0.05, 0) is 99.2 Å². The van der Waals surface area contributed by atoms with Crippen LogP contribution in [0, 0.1) is 50.2 Å². The Morgan fingerprint density at radius 1 is 0.654 bits per heavy atom. The number of ether oxygens (including phenoxy) is 9. The van der Waals surface area contributed by atoms with E-state index in [1.807, 2.05) is 13.8 Å². The molecule has 12 N–H and O–H groups in total. The first-order valence-electron chi connectivity index (χ1n) is 27.8. The smallest absolute Gasteiger partial charge is 0.335 e. The van der Waals surface area contributed by atoms with Gasteiger partial charge in [0.05, 0.1) is 37.4 Å². The summed E-state index contributed by atoms with van der Waals surface area (Å²) >= 11 is 0. The van der Waals surface area contributed by atoms with Crippen molar-refractivity contribution in [2.45, 2.75) is 235 Å². The van der Waals surface area contributed by atoms with Crippen molar-refractivity contribution in [2.24, 2.45) is 50.2 Å². The second-order valence-electron chi connectivity index (χ2n) is 26.1. The van der Waals surface area contributed by atoms with E-state index in [-0.39, 0.29) is 51.5 Å². The summed E-state index contributed by atoms with van der Waals surface area (Å²) in [6.45, 7) is 13.1. The monoisotopic (exact) mass is 1110 g/mol. The summed E-state index contributed by atoms with van der Waals surface area (Å²) in [6.07, 6.45) is -28.0. The number of carbonyl (C=O) groups excluding carboxylic acids is 1. The highest BCUT2D eigenvalue weighted by atomic mass is 16.8. The lowest BCUT2D eigenvalue weighted by atomic mass is 9.33. The molecule has 0 aromatic heterocycles. The quantitative estimate of drug-likeness (QED) is 0.0623. The molecule has 0 spiro atoms. The Morgan fingerprint density at radius 2 is 1.31 bits per heavy atom. The maximum absolute atomic E-state index is 13.3. The molecule has 78 heavy (non-hydrogen) atoms. The summed E-state index contributed by atoms with van der Waals surface area (Å²) in [4.78, 5) is 38.8. The molecule has 5 heterocycles. The number of carbonyl (C=O) groups is 3. The molecule has 5 saturated heterocycles. The van der Waals surface area contributed by atoms with Gasteiger partial charge < -0.3 is 104 Å². The molecule has 5 aliphatic carbocycles. The first-order chi connectivity index (χ1) is 36.5. The lowest BCUT2D eigenvalue weighted by Crippen LogP contribution is -2.69. The predicted molar refractivity (Wildman–Crippen MR) is 261 cm³/mol. The van der Waals surface area contributed by atoms with Gasteiger partial charge in [0.15, 0.2) is 31.1 Å². The van der Waals surface area contributed by atoms with Gasteiger partial charge in [-0.1, -0.05) is 46.3 Å². The standard InChI is InChI=1S/C54H82O24/c1-21-30(57)33(60)36(63)45(72-21)78-42-38(71-19-25-32(59)31(58)24(56)18-70-25)37(64)40(44(67)68)76-47(42)77-41-35(62)34(61)39(43(65)66)75-46(41)73-28-11-12-51(4)26(52(28,5)20-55)10-13-54(7)27(51)9-8-22-23-16-49(2)17-29(74-48(49)69)50(23,3)14-15-53(22,54)6/h8,21,23-42,45-47,55-64H,9-20H2,1-7H3,(H,65,66)(H,67,68)/t21-,23-,24+,25-,26+,27+,28-,29+,30-,31-,32-,33+,34-,35-,36+,37-,38-,39-,40-,41+,42+,45-,46+,47-,49+,50+,51-,52+,53+,54+/m0/s1. The number of carboxylic acids is 2. The number of fused-ring (bicyclic) bond motifs is 10. The van der Waals surface area contributed by atoms with E-state index in [2.05, 4.69) is 33.8 Å². The van der Waals surface area contributed by atoms with Gasteiger partial charge in [-0.15, -0.1) is 0 Å². The molecule has 0 aromatic rings. The highest BCUT2D eigenvalue weighted by Crippen LogP contribution is 2.76. The predicted octanol–water partition coefficient (Wildman–Crippen LogP) is -1.15. The molecule has 24 nitrogen and oxygen atoms in total. The number of allylic oxidation sites excluding steroid dienone is 2. The van der Waals surface area contributed by atoms with Crippen LogP contribution in [0.15, 0.2) is 11.6 Å². The van der Waals surface area contributed by atoms with Gasteiger partial charge in [0.1, 0.15) is 85.5 Å². The molecule has 0 amide bonds. The Morgan fingerprint density at radius 3 is 1.97 bits per heavy atom. The Hall–Kier alpha value is -2.57. The number of hydrogen-bond acceptors (Lipinski definition) is 22. The Labute approximate surface area is 451 Å². The van der Waals surface area contributed by atoms with Crippen molar-refractivity contribution < 1.29 is 118 Å². The summed E-state index contributed by atoms with van der Waals surface area (Å²) in [5, 5.41) is 131. The molecule has 9 fully saturated rings. The summed E-state index contributed by atoms with van der Waals surface area (Å²) in [5.74, 6) is -3.42. The summed E-state index contributed by atoms with van der Waals surface area (Å²) < 4.78 is 54.4. The van der Waals surface area contributed by atoms with E-state index in [4.69, 9.17) is 42.6 Å². The third-order valence-corrected chi connectivity index (χ3v) is 22.0. The molecule has 0 radical (unpaired) electrons. The van der Waals surface area contributed by atoms with Crippen molar-refractivity contribution in [3.05, 3.63) is 11.6 Å². The zero-order chi connectivity index (χ0) is 56.7. The molecular formula is C54H82O24. The maximum atomic E-state index is 13.3. The molecular weight excluding hydrogens is 1030 g/mol. The first-order valence-corrected chi connectivity index (χ1v) is 27.8. The number of hydrogen-bond donors (Lipinski definition) is 12. The van der Waals surface area contributed by atoms with Gasteiger partial charge in [0, 0.05) is 17.3 Å². The van der Waals surface area contributed by atoms with Crippen LogP contribution in [0.5, 0.6) is 0 Å². The molecule has 10 aliphatic rings. The number of aliphatic hydroxyl groups excluding tert-OH is 10. The van der Waals surface area contributed by atoms with Crippen LogP contribution < -0.4 is 0 Å². The lowest BCUT2D eigenvalue weighted by molar-refractivity contribution is -0.396. The molecule has 4 saturated carbocycles. The third-order valence-electron chi connectivity index (χ3n) is 22.0. The van der Waals surface area contributed by atoms with Crippen molar-refractivity contribution in [3.8, 4) is 0 Å². The minimum absolute atomic E-state index is 0.106. The van der Waals surface area contributed by atoms with Crippen LogP contribution in [0.25, 0.3) is 0 Å². The van der Waals surface area contributed by atoms with Crippen LogP contribution in [0.1, 0.15) is 106 Å². The van der Waals surface area contributed by atoms with Crippen LogP contribution in [0.3, 0.4) is 0 Å². The number of aliphatic hydroxyl groups is 10. The Kier molecular flexibility index (Phi) is 15.5. The van der Waals surface area contributed by atoms with Crippen molar-refractivity contribution in [2.75, 3.05) is 19.8 Å². The van der Waals surface area contributed by atoms with Gasteiger partial charge in [0.2, 0.25) is 0 Å². The molecule has 442 valence electrons. The largest absolute Gasteiger partial charge is 0.479 e. The van der Waals surface area contributed by atoms with Crippen molar-refractivity contribution >= 4 is 17.9 Å². The number of carboxylic acid groups (broad SMARTS) is 2. The van der Waals surface area contributed by atoms with Crippen molar-refractivity contribution in [1.82, 2.24) is 0 Å². The van der Waals surface area contributed by atoms with E-state index in [1.54, 1.807) is 0 Å². The number of esters is 1. The van der Waals surface area contributed by atoms with Crippen LogP contribution in [0.2, 0.25) is 0 Å². The zero-order valence-electron chi connectivity index (χ0n) is 45.2. The van der Waals surface area contributed by atoms with Crippen LogP contribution >= 0.6 is 0 Å². The van der Waals surface area contributed by atoms with Gasteiger partial charge in [-0.25, -0.2) is 9.59 Å². The van der Waals surface area contributed by atoms with E-state index >= 15 is 0 Å². The number of rotatable bonds is 12. The van der Waals surface area contributed by atoms with E-state index in [0.717, 1.165) is 38.5 Å². The van der Waals surface area contributed by atoms with Crippen molar-refractivity contribution in [1.29, 1.82) is 0 Å². The molecule has 0 aromatic carbocycles. The maximum Gasteiger partial charge on any atom is 0.335 e. The summed E-state index contributed by atoms with van der Waals surface area (Å²) in [5.41, 5.74) is -1.09. The normalized spacial score (nSPS) is 55.8. The zero-order valence-corrected chi connectivity index (χ0v) is 45.2. The van der Waals surface area contributed by atoms with E-state index in [1.165, 1.54) is 12.5 Å². The minimum Gasteiger partial charge on any atom is -0.479 e. The molecule has 0 unspecified atom stereocenters. The summed E-state index contributed by atoms with van der Waals surface area (Å²) in [7, 11) is 0. The van der Waals surface area contributed by atoms with Crippen LogP contribution in [-0.2, 0) is 57.0 Å². The average Bonchev–Trinajstić information content (AvgIpc) is 3.85. The van der Waals surface area contributed by atoms with Gasteiger partial charge in [0.25, 0.3) is 0 Å². The SMILES string of the molecule is C[C@@H]1O[C@@H](O[C@H]2[C@H](O[C@H]3[C@H](O[C@H]4CC[C@@]5(C)[C@@H](CC[C@]6(C)[C@@H]5CC=C5[C@@H]7C[C@]8(C)C[C@@H](OC8=O)[C@]7(C)CC[C@]56C)[C@@]4(C)CO)O[C@H](C(=O)O)[C@@H](O)[C@@H]3O)O[C@H](C(=O)O)[C@@H](O)[C@@H]2OC[C@@H]2OC[C@@H](O)[C@H](O)[C@H]2O)[C@H](O)[C@H](O)[C@H]1O. The van der Waals surface area contributed by atoms with Crippen LogP contribution in [0.4, 0.5) is 0 Å². The Bertz CT molecular complexity index is 2310.